The minimum absolute atomic E-state index is 0.157. The van der Waals surface area contributed by atoms with Gasteiger partial charge in [0, 0.05) is 36.0 Å². The van der Waals surface area contributed by atoms with Crippen LogP contribution in [-0.2, 0) is 13.6 Å². The Bertz CT molecular complexity index is 706. The summed E-state index contributed by atoms with van der Waals surface area (Å²) in [6.07, 6.45) is 0. The van der Waals surface area contributed by atoms with Crippen LogP contribution in [0.15, 0.2) is 24.3 Å². The summed E-state index contributed by atoms with van der Waals surface area (Å²) in [6.45, 7) is 4.36. The predicted octanol–water partition coefficient (Wildman–Crippen LogP) is 1.60. The van der Waals surface area contributed by atoms with Gasteiger partial charge in [-0.25, -0.2) is 0 Å². The highest BCUT2D eigenvalue weighted by molar-refractivity contribution is 7.80. The van der Waals surface area contributed by atoms with Crippen LogP contribution in [0, 0.1) is 13.8 Å². The van der Waals surface area contributed by atoms with Gasteiger partial charge >= 0.3 is 0 Å². The van der Waals surface area contributed by atoms with Crippen molar-refractivity contribution in [2.45, 2.75) is 20.4 Å². The molecule has 0 atom stereocenters. The van der Waals surface area contributed by atoms with Crippen LogP contribution >= 0.6 is 12.2 Å². The molecule has 1 aromatic heterocycles. The molecule has 2 rings (SSSR count). The van der Waals surface area contributed by atoms with Gasteiger partial charge in [0.1, 0.15) is 4.99 Å². The maximum absolute atomic E-state index is 12.2. The minimum Gasteiger partial charge on any atom is -0.389 e. The summed E-state index contributed by atoms with van der Waals surface area (Å²) < 4.78 is 1.81. The Morgan fingerprint density at radius 2 is 2.05 bits per heavy atom. The Morgan fingerprint density at radius 3 is 2.62 bits per heavy atom. The number of aryl methyl sites for hydroxylation is 2. The van der Waals surface area contributed by atoms with Gasteiger partial charge in [0.05, 0.1) is 5.69 Å². The molecule has 1 amide bonds. The third kappa shape index (κ3) is 3.28. The van der Waals surface area contributed by atoms with Crippen LogP contribution in [0.25, 0.3) is 0 Å². The Morgan fingerprint density at radius 1 is 1.38 bits per heavy atom. The lowest BCUT2D eigenvalue weighted by Gasteiger charge is -2.07. The highest BCUT2D eigenvalue weighted by Gasteiger charge is 2.12. The Labute approximate surface area is 129 Å². The normalized spacial score (nSPS) is 10.4. The molecule has 3 N–H and O–H groups in total. The van der Waals surface area contributed by atoms with Crippen molar-refractivity contribution in [3.63, 3.8) is 0 Å². The molecule has 0 aliphatic rings. The number of nitrogens with zero attached hydrogens (tertiary/aromatic N) is 2. The van der Waals surface area contributed by atoms with E-state index in [0.717, 1.165) is 17.0 Å². The van der Waals surface area contributed by atoms with Crippen molar-refractivity contribution < 1.29 is 4.79 Å². The van der Waals surface area contributed by atoms with Crippen LogP contribution < -0.4 is 11.1 Å². The number of aromatic nitrogens is 2. The Balaban J connectivity index is 2.12. The molecule has 0 saturated carbocycles. The number of benzene rings is 1. The molecule has 1 aromatic carbocycles. The molecule has 5 nitrogen and oxygen atoms in total. The molecule has 0 saturated heterocycles. The van der Waals surface area contributed by atoms with Gasteiger partial charge in [0.25, 0.3) is 5.91 Å². The number of hydrogen-bond donors (Lipinski definition) is 2. The monoisotopic (exact) mass is 302 g/mol. The van der Waals surface area contributed by atoms with E-state index in [1.165, 1.54) is 0 Å². The number of thiocarbonyl (C=S) groups is 1. The first kappa shape index (κ1) is 15.2. The predicted molar refractivity (Wildman–Crippen MR) is 86.2 cm³/mol. The highest BCUT2D eigenvalue weighted by atomic mass is 32.1. The molecule has 0 bridgehead atoms. The summed E-state index contributed by atoms with van der Waals surface area (Å²) in [6, 6.07) is 6.99. The second kappa shape index (κ2) is 6.05. The SMILES string of the molecule is Cc1nn(C)c(C)c1CNC(=O)c1cccc(C(N)=S)c1. The maximum Gasteiger partial charge on any atom is 0.251 e. The zero-order valence-electron chi connectivity index (χ0n) is 12.3. The molecule has 0 spiro atoms. The molecule has 0 aliphatic heterocycles. The van der Waals surface area contributed by atoms with E-state index in [0.29, 0.717) is 17.7 Å². The second-order valence-corrected chi connectivity index (χ2v) is 5.34. The number of carbonyl (C=O) groups excluding carboxylic acids is 1. The van der Waals surface area contributed by atoms with E-state index in [4.69, 9.17) is 18.0 Å². The number of amides is 1. The third-order valence-corrected chi connectivity index (χ3v) is 3.73. The molecule has 21 heavy (non-hydrogen) atoms. The fourth-order valence-corrected chi connectivity index (χ4v) is 2.28. The van der Waals surface area contributed by atoms with E-state index in [1.807, 2.05) is 25.6 Å². The van der Waals surface area contributed by atoms with Crippen LogP contribution in [0.2, 0.25) is 0 Å². The fraction of sp³-hybridized carbons (Fsp3) is 0.267. The topological polar surface area (TPSA) is 72.9 Å². The van der Waals surface area contributed by atoms with Crippen molar-refractivity contribution >= 4 is 23.1 Å². The fourth-order valence-electron chi connectivity index (χ4n) is 2.16. The van der Waals surface area contributed by atoms with Crippen molar-refractivity contribution in [3.05, 3.63) is 52.3 Å². The smallest absolute Gasteiger partial charge is 0.251 e. The van der Waals surface area contributed by atoms with E-state index in [2.05, 4.69) is 10.4 Å². The molecule has 0 aliphatic carbocycles. The minimum atomic E-state index is -0.157. The summed E-state index contributed by atoms with van der Waals surface area (Å²) in [5, 5.41) is 7.23. The van der Waals surface area contributed by atoms with Crippen molar-refractivity contribution in [3.8, 4) is 0 Å². The van der Waals surface area contributed by atoms with Gasteiger partial charge in [-0.3, -0.25) is 9.48 Å². The molecule has 0 radical (unpaired) electrons. The lowest BCUT2D eigenvalue weighted by molar-refractivity contribution is 0.0951. The zero-order valence-corrected chi connectivity index (χ0v) is 13.1. The highest BCUT2D eigenvalue weighted by Crippen LogP contribution is 2.12. The molecule has 2 aromatic rings. The summed E-state index contributed by atoms with van der Waals surface area (Å²) in [5.41, 5.74) is 9.81. The number of nitrogens with two attached hydrogens (primary N) is 1. The van der Waals surface area contributed by atoms with Crippen LogP contribution in [0.3, 0.4) is 0 Å². The summed E-state index contributed by atoms with van der Waals surface area (Å²) in [4.78, 5) is 12.5. The first-order chi connectivity index (χ1) is 9.90. The number of carbonyl (C=O) groups is 1. The van der Waals surface area contributed by atoms with Crippen LogP contribution in [0.4, 0.5) is 0 Å². The van der Waals surface area contributed by atoms with E-state index in [1.54, 1.807) is 24.3 Å². The largest absolute Gasteiger partial charge is 0.389 e. The molecular formula is C15H18N4OS. The molecule has 0 fully saturated rings. The average Bonchev–Trinajstić information content (AvgIpc) is 2.70. The van der Waals surface area contributed by atoms with Crippen molar-refractivity contribution in [2.24, 2.45) is 12.8 Å². The van der Waals surface area contributed by atoms with Gasteiger partial charge in [-0.15, -0.1) is 0 Å². The van der Waals surface area contributed by atoms with E-state index in [9.17, 15) is 4.79 Å². The number of hydrogen-bond acceptors (Lipinski definition) is 3. The van der Waals surface area contributed by atoms with Crippen molar-refractivity contribution in [1.29, 1.82) is 0 Å². The molecular weight excluding hydrogens is 284 g/mol. The lowest BCUT2D eigenvalue weighted by atomic mass is 10.1. The van der Waals surface area contributed by atoms with Crippen LogP contribution in [0.1, 0.15) is 32.9 Å². The van der Waals surface area contributed by atoms with Crippen LogP contribution in [-0.4, -0.2) is 20.7 Å². The summed E-state index contributed by atoms with van der Waals surface area (Å²) in [5.74, 6) is -0.157. The van der Waals surface area contributed by atoms with Crippen LogP contribution in [0.5, 0.6) is 0 Å². The van der Waals surface area contributed by atoms with E-state index >= 15 is 0 Å². The van der Waals surface area contributed by atoms with Gasteiger partial charge in [-0.1, -0.05) is 24.4 Å². The van der Waals surface area contributed by atoms with E-state index < -0.39 is 0 Å². The Kier molecular flexibility index (Phi) is 4.37. The number of rotatable bonds is 4. The molecule has 6 heteroatoms. The standard InChI is InChI=1S/C15H18N4OS/c1-9-13(10(2)19(3)18-9)8-17-15(20)12-6-4-5-11(7-12)14(16)21/h4-7H,8H2,1-3H3,(H2,16,21)(H,17,20). The first-order valence-electron chi connectivity index (χ1n) is 6.57. The van der Waals surface area contributed by atoms with Crippen molar-refractivity contribution in [1.82, 2.24) is 15.1 Å². The third-order valence-electron chi connectivity index (χ3n) is 3.49. The maximum atomic E-state index is 12.2. The van der Waals surface area contributed by atoms with Gasteiger partial charge in [-0.2, -0.15) is 5.10 Å². The lowest BCUT2D eigenvalue weighted by Crippen LogP contribution is -2.24. The van der Waals surface area contributed by atoms with Gasteiger partial charge in [-0.05, 0) is 26.0 Å². The summed E-state index contributed by atoms with van der Waals surface area (Å²) >= 11 is 4.92. The van der Waals surface area contributed by atoms with Gasteiger partial charge < -0.3 is 11.1 Å². The summed E-state index contributed by atoms with van der Waals surface area (Å²) in [7, 11) is 1.89. The van der Waals surface area contributed by atoms with Crippen molar-refractivity contribution in [2.75, 3.05) is 0 Å². The number of nitrogens with one attached hydrogen (secondary N) is 1. The second-order valence-electron chi connectivity index (χ2n) is 4.90. The average molecular weight is 302 g/mol. The van der Waals surface area contributed by atoms with E-state index in [-0.39, 0.29) is 10.9 Å². The molecule has 0 unspecified atom stereocenters. The van der Waals surface area contributed by atoms with Gasteiger partial charge in [0.2, 0.25) is 0 Å². The quantitative estimate of drug-likeness (QED) is 0.842. The Hall–Kier alpha value is -2.21. The molecule has 110 valence electrons. The van der Waals surface area contributed by atoms with Gasteiger partial charge in [0.15, 0.2) is 0 Å². The zero-order chi connectivity index (χ0) is 15.6. The molecule has 1 heterocycles. The first-order valence-corrected chi connectivity index (χ1v) is 6.98.